The van der Waals surface area contributed by atoms with E-state index < -0.39 is 39.3 Å². The zero-order valence-corrected chi connectivity index (χ0v) is 19.7. The number of hydrogen-bond acceptors (Lipinski definition) is 5. The lowest BCUT2D eigenvalue weighted by atomic mass is 9.81. The molecule has 13 heteroatoms. The predicted octanol–water partition coefficient (Wildman–Crippen LogP) is 4.21. The Kier molecular flexibility index (Phi) is 8.15. The number of sulfonamides is 1. The Morgan fingerprint density at radius 3 is 2.54 bits per heavy atom. The van der Waals surface area contributed by atoms with Crippen molar-refractivity contribution in [2.75, 3.05) is 26.2 Å². The van der Waals surface area contributed by atoms with Crippen molar-refractivity contribution < 1.29 is 36.2 Å². The maximum atomic E-state index is 12.5. The second kappa shape index (κ2) is 10.7. The first-order chi connectivity index (χ1) is 16.4. The lowest BCUT2D eigenvalue weighted by Gasteiger charge is -2.37. The third-order valence-corrected chi connectivity index (χ3v) is 7.30. The first-order valence-corrected chi connectivity index (χ1v) is 12.2. The molecular formula is C22H21ClF3N3O5S. The number of nitriles is 1. The molecule has 0 spiro atoms. The Bertz CT molecular complexity index is 1220. The van der Waals surface area contributed by atoms with E-state index in [4.69, 9.17) is 16.3 Å². The molecule has 1 amide bonds. The molecule has 0 radical (unpaired) electrons. The summed E-state index contributed by atoms with van der Waals surface area (Å²) in [6.07, 6.45) is -5.36. The predicted molar refractivity (Wildman–Crippen MR) is 120 cm³/mol. The summed E-state index contributed by atoms with van der Waals surface area (Å²) in [6.45, 7) is -1.41. The molecule has 8 nitrogen and oxygen atoms in total. The number of carboxylic acid groups (broad SMARTS) is 1. The normalized spacial score (nSPS) is 18.7. The van der Waals surface area contributed by atoms with Crippen molar-refractivity contribution >= 4 is 27.7 Å². The molecule has 0 aliphatic carbocycles. The lowest BCUT2D eigenvalue weighted by molar-refractivity contribution is -0.121. The number of piperidine rings is 1. The Balaban J connectivity index is 1.85. The van der Waals surface area contributed by atoms with E-state index >= 15 is 0 Å². The second-order valence-corrected chi connectivity index (χ2v) is 10.1. The van der Waals surface area contributed by atoms with E-state index in [2.05, 4.69) is 0 Å². The van der Waals surface area contributed by atoms with E-state index in [0.29, 0.717) is 18.0 Å². The molecule has 1 fully saturated rings. The van der Waals surface area contributed by atoms with Crippen LogP contribution in [0, 0.1) is 17.2 Å². The standard InChI is InChI=1S/C22H21ClF3N3O5S/c23-16-6-4-14(5-7-16)17-8-9-29(21(30)31)11-15(17)12-34-19-2-1-3-20(18(19)10-27)35(32,33)28-13-22(24,25)26/h1-7,15,17,28H,8-9,11-13H2,(H,30,31)/t15?,17-/m0/s1. The fourth-order valence-electron chi connectivity index (χ4n) is 3.94. The Labute approximate surface area is 204 Å². The van der Waals surface area contributed by atoms with Crippen molar-refractivity contribution in [1.82, 2.24) is 9.62 Å². The van der Waals surface area contributed by atoms with Gasteiger partial charge in [-0.2, -0.15) is 18.4 Å². The summed E-state index contributed by atoms with van der Waals surface area (Å²) in [4.78, 5) is 12.1. The summed E-state index contributed by atoms with van der Waals surface area (Å²) in [5, 5.41) is 19.5. The van der Waals surface area contributed by atoms with Crippen LogP contribution in [0.3, 0.4) is 0 Å². The molecule has 1 saturated heterocycles. The number of alkyl halides is 3. The number of ether oxygens (including phenoxy) is 1. The molecule has 1 unspecified atom stereocenters. The van der Waals surface area contributed by atoms with Gasteiger partial charge in [0.1, 0.15) is 28.8 Å². The SMILES string of the molecule is N#Cc1c(OCC2CN(C(=O)O)CC[C@H]2c2ccc(Cl)cc2)cccc1S(=O)(=O)NCC(F)(F)F. The third-order valence-electron chi connectivity index (χ3n) is 5.61. The highest BCUT2D eigenvalue weighted by molar-refractivity contribution is 7.89. The minimum absolute atomic E-state index is 0.0643. The van der Waals surface area contributed by atoms with Gasteiger partial charge in [-0.05, 0) is 42.2 Å². The van der Waals surface area contributed by atoms with Crippen LogP contribution >= 0.6 is 11.6 Å². The number of rotatable bonds is 7. The van der Waals surface area contributed by atoms with Crippen LogP contribution in [0.15, 0.2) is 47.4 Å². The number of nitrogens with one attached hydrogen (secondary N) is 1. The highest BCUT2D eigenvalue weighted by Gasteiger charge is 2.34. The maximum absolute atomic E-state index is 12.5. The number of hydrogen-bond donors (Lipinski definition) is 2. The largest absolute Gasteiger partial charge is 0.492 e. The summed E-state index contributed by atoms with van der Waals surface area (Å²) < 4.78 is 69.5. The molecule has 1 aliphatic heterocycles. The van der Waals surface area contributed by atoms with Gasteiger partial charge in [0.2, 0.25) is 10.0 Å². The van der Waals surface area contributed by atoms with Gasteiger partial charge in [0, 0.05) is 24.0 Å². The van der Waals surface area contributed by atoms with Crippen LogP contribution in [-0.4, -0.2) is 56.9 Å². The zero-order chi connectivity index (χ0) is 25.8. The molecule has 2 N–H and O–H groups in total. The number of amides is 1. The highest BCUT2D eigenvalue weighted by atomic mass is 35.5. The Morgan fingerprint density at radius 1 is 1.26 bits per heavy atom. The molecule has 0 saturated carbocycles. The molecular weight excluding hydrogens is 511 g/mol. The average Bonchev–Trinajstić information content (AvgIpc) is 2.81. The van der Waals surface area contributed by atoms with Crippen molar-refractivity contribution in [1.29, 1.82) is 5.26 Å². The van der Waals surface area contributed by atoms with Crippen LogP contribution in [0.25, 0.3) is 0 Å². The molecule has 1 aliphatic rings. The summed E-state index contributed by atoms with van der Waals surface area (Å²) in [7, 11) is -4.65. The van der Waals surface area contributed by atoms with Crippen LogP contribution in [0.2, 0.25) is 5.02 Å². The van der Waals surface area contributed by atoms with Gasteiger partial charge in [-0.25, -0.2) is 17.9 Å². The zero-order valence-electron chi connectivity index (χ0n) is 18.1. The van der Waals surface area contributed by atoms with Crippen molar-refractivity contribution in [3.63, 3.8) is 0 Å². The van der Waals surface area contributed by atoms with Gasteiger partial charge in [-0.3, -0.25) is 0 Å². The first kappa shape index (κ1) is 26.6. The van der Waals surface area contributed by atoms with Crippen molar-refractivity contribution in [2.24, 2.45) is 5.92 Å². The van der Waals surface area contributed by atoms with Gasteiger partial charge in [-0.1, -0.05) is 29.8 Å². The van der Waals surface area contributed by atoms with Crippen LogP contribution in [0.4, 0.5) is 18.0 Å². The quantitative estimate of drug-likeness (QED) is 0.552. The van der Waals surface area contributed by atoms with Gasteiger partial charge in [0.25, 0.3) is 0 Å². The average molecular weight is 532 g/mol. The Hall–Kier alpha value is -3.01. The lowest BCUT2D eigenvalue weighted by Crippen LogP contribution is -2.44. The van der Waals surface area contributed by atoms with Crippen LogP contribution < -0.4 is 9.46 Å². The maximum Gasteiger partial charge on any atom is 0.407 e. The molecule has 1 heterocycles. The molecule has 0 bridgehead atoms. The third kappa shape index (κ3) is 6.78. The van der Waals surface area contributed by atoms with Gasteiger partial charge in [-0.15, -0.1) is 0 Å². The van der Waals surface area contributed by atoms with Crippen molar-refractivity contribution in [2.45, 2.75) is 23.4 Å². The van der Waals surface area contributed by atoms with Gasteiger partial charge in [0.15, 0.2) is 0 Å². The molecule has 2 atom stereocenters. The summed E-state index contributed by atoms with van der Waals surface area (Å²) in [5.74, 6) is -0.588. The van der Waals surface area contributed by atoms with Crippen LogP contribution in [0.1, 0.15) is 23.5 Å². The van der Waals surface area contributed by atoms with Crippen LogP contribution in [0.5, 0.6) is 5.75 Å². The van der Waals surface area contributed by atoms with E-state index in [1.807, 2.05) is 12.1 Å². The second-order valence-electron chi connectivity index (χ2n) is 7.93. The van der Waals surface area contributed by atoms with E-state index in [0.717, 1.165) is 11.6 Å². The van der Waals surface area contributed by atoms with Crippen LogP contribution in [-0.2, 0) is 10.0 Å². The fourth-order valence-corrected chi connectivity index (χ4v) is 5.25. The minimum Gasteiger partial charge on any atom is -0.492 e. The molecule has 188 valence electrons. The van der Waals surface area contributed by atoms with Gasteiger partial charge in [0.05, 0.1) is 6.61 Å². The van der Waals surface area contributed by atoms with E-state index in [-0.39, 0.29) is 30.7 Å². The number of carbonyl (C=O) groups is 1. The van der Waals surface area contributed by atoms with E-state index in [1.165, 1.54) is 21.8 Å². The molecule has 2 aromatic carbocycles. The number of likely N-dealkylation sites (tertiary alicyclic amines) is 1. The van der Waals surface area contributed by atoms with E-state index in [9.17, 15) is 36.8 Å². The number of benzene rings is 2. The van der Waals surface area contributed by atoms with Crippen molar-refractivity contribution in [3.8, 4) is 11.8 Å². The number of nitrogens with zero attached hydrogens (tertiary/aromatic N) is 2. The first-order valence-electron chi connectivity index (χ1n) is 10.4. The van der Waals surface area contributed by atoms with Gasteiger partial charge < -0.3 is 14.7 Å². The monoisotopic (exact) mass is 531 g/mol. The topological polar surface area (TPSA) is 120 Å². The van der Waals surface area contributed by atoms with Gasteiger partial charge >= 0.3 is 12.3 Å². The molecule has 0 aromatic heterocycles. The smallest absolute Gasteiger partial charge is 0.407 e. The van der Waals surface area contributed by atoms with E-state index in [1.54, 1.807) is 18.2 Å². The summed E-state index contributed by atoms with van der Waals surface area (Å²) in [5.41, 5.74) is 0.470. The highest BCUT2D eigenvalue weighted by Crippen LogP contribution is 2.35. The fraction of sp³-hybridized carbons (Fsp3) is 0.364. The van der Waals surface area contributed by atoms with Crippen molar-refractivity contribution in [3.05, 3.63) is 58.6 Å². The summed E-state index contributed by atoms with van der Waals surface area (Å²) in [6, 6.07) is 12.4. The number of halogens is 4. The summed E-state index contributed by atoms with van der Waals surface area (Å²) >= 11 is 5.97. The minimum atomic E-state index is -4.78. The molecule has 3 rings (SSSR count). The molecule has 35 heavy (non-hydrogen) atoms. The molecule has 2 aromatic rings. The Morgan fingerprint density at radius 2 is 1.94 bits per heavy atom.